The van der Waals surface area contributed by atoms with E-state index in [4.69, 9.17) is 10.5 Å². The van der Waals surface area contributed by atoms with Crippen molar-refractivity contribution in [3.8, 4) is 5.19 Å². The van der Waals surface area contributed by atoms with Crippen molar-refractivity contribution in [1.82, 2.24) is 15.2 Å². The Hall–Kier alpha value is -2.42. The molecule has 0 aromatic carbocycles. The second kappa shape index (κ2) is 4.84. The molecule has 0 fully saturated rings. The summed E-state index contributed by atoms with van der Waals surface area (Å²) < 4.78 is 4.88. The van der Waals surface area contributed by atoms with Crippen LogP contribution in [0.5, 0.6) is 5.19 Å². The molecule has 0 aliphatic rings. The number of aromatic amines is 1. The molecule has 0 aliphatic heterocycles. The first-order valence-corrected chi connectivity index (χ1v) is 5.58. The van der Waals surface area contributed by atoms with Gasteiger partial charge >= 0.3 is 0 Å². The number of nitrogens with one attached hydrogen (secondary N) is 2. The molecule has 0 atom stereocenters. The first-order valence-electron chi connectivity index (χ1n) is 4.76. The van der Waals surface area contributed by atoms with Crippen LogP contribution in [0.25, 0.3) is 0 Å². The number of ether oxygens (including phenoxy) is 1. The van der Waals surface area contributed by atoms with Crippen molar-refractivity contribution >= 4 is 28.8 Å². The molecule has 0 saturated heterocycles. The normalized spacial score (nSPS) is 10.1. The fraction of sp³-hybridized carbons (Fsp3) is 0.111. The molecule has 2 amide bonds. The molecule has 18 heavy (non-hydrogen) atoms. The van der Waals surface area contributed by atoms with Crippen LogP contribution in [-0.2, 0) is 0 Å². The van der Waals surface area contributed by atoms with Crippen molar-refractivity contribution in [2.75, 3.05) is 12.4 Å². The Morgan fingerprint density at radius 3 is 2.89 bits per heavy atom. The first kappa shape index (κ1) is 12.0. The van der Waals surface area contributed by atoms with Gasteiger partial charge in [0.05, 0.1) is 25.2 Å². The molecule has 0 radical (unpaired) electrons. The van der Waals surface area contributed by atoms with Crippen LogP contribution >= 0.6 is 11.3 Å². The lowest BCUT2D eigenvalue weighted by Crippen LogP contribution is -2.17. The van der Waals surface area contributed by atoms with Crippen molar-refractivity contribution in [3.63, 3.8) is 0 Å². The van der Waals surface area contributed by atoms with Crippen LogP contribution < -0.4 is 15.8 Å². The van der Waals surface area contributed by atoms with Crippen LogP contribution in [0.2, 0.25) is 0 Å². The third-order valence-electron chi connectivity index (χ3n) is 2.02. The second-order valence-corrected chi connectivity index (χ2v) is 4.16. The van der Waals surface area contributed by atoms with Gasteiger partial charge in [0.15, 0.2) is 0 Å². The van der Waals surface area contributed by atoms with E-state index in [1.807, 2.05) is 0 Å². The number of nitrogens with zero attached hydrogens (tertiary/aromatic N) is 2. The van der Waals surface area contributed by atoms with E-state index in [-0.39, 0.29) is 11.4 Å². The van der Waals surface area contributed by atoms with Gasteiger partial charge in [0.1, 0.15) is 10.6 Å². The average molecular weight is 267 g/mol. The van der Waals surface area contributed by atoms with Gasteiger partial charge in [-0.25, -0.2) is 4.98 Å². The van der Waals surface area contributed by atoms with E-state index in [0.29, 0.717) is 10.1 Å². The minimum atomic E-state index is -0.704. The number of nitrogens with two attached hydrogens (primary N) is 1. The van der Waals surface area contributed by atoms with Gasteiger partial charge in [-0.2, -0.15) is 5.10 Å². The predicted molar refractivity (Wildman–Crippen MR) is 63.7 cm³/mol. The summed E-state index contributed by atoms with van der Waals surface area (Å²) in [6.07, 6.45) is 2.68. The highest BCUT2D eigenvalue weighted by atomic mass is 32.1. The highest BCUT2D eigenvalue weighted by molar-refractivity contribution is 7.15. The van der Waals surface area contributed by atoms with Crippen LogP contribution in [0.3, 0.4) is 0 Å². The standard InChI is InChI=1S/C9H9N5O3S/c1-17-9-11-3-5(18-9)8(16)13-4-2-12-14-6(4)7(10)15/h2-3H,1H3,(H2,10,15)(H,12,14)(H,13,16). The summed E-state index contributed by atoms with van der Waals surface area (Å²) in [5.74, 6) is -1.12. The number of carbonyl (C=O) groups excluding carboxylic acids is 2. The number of thiazole rings is 1. The van der Waals surface area contributed by atoms with Gasteiger partial charge in [-0.15, -0.1) is 0 Å². The van der Waals surface area contributed by atoms with E-state index in [1.54, 1.807) is 0 Å². The van der Waals surface area contributed by atoms with Crippen molar-refractivity contribution in [2.45, 2.75) is 0 Å². The number of hydrogen-bond donors (Lipinski definition) is 3. The number of rotatable bonds is 4. The summed E-state index contributed by atoms with van der Waals surface area (Å²) in [5, 5.41) is 8.92. The SMILES string of the molecule is COc1ncc(C(=O)Nc2cn[nH]c2C(N)=O)s1. The maximum atomic E-state index is 11.8. The Morgan fingerprint density at radius 2 is 2.28 bits per heavy atom. The Kier molecular flexibility index (Phi) is 3.24. The average Bonchev–Trinajstić information content (AvgIpc) is 2.96. The highest BCUT2D eigenvalue weighted by Gasteiger charge is 2.16. The molecular formula is C9H9N5O3S. The molecule has 2 heterocycles. The Bertz CT molecular complexity index is 591. The smallest absolute Gasteiger partial charge is 0.273 e. The summed E-state index contributed by atoms with van der Waals surface area (Å²) in [7, 11) is 1.46. The number of H-pyrrole nitrogens is 1. The Labute approximate surface area is 105 Å². The zero-order chi connectivity index (χ0) is 13.1. The van der Waals surface area contributed by atoms with Crippen LogP contribution in [0.1, 0.15) is 20.2 Å². The molecule has 4 N–H and O–H groups in total. The van der Waals surface area contributed by atoms with Crippen molar-refractivity contribution < 1.29 is 14.3 Å². The second-order valence-electron chi connectivity index (χ2n) is 3.17. The molecule has 0 saturated carbocycles. The molecule has 94 valence electrons. The van der Waals surface area contributed by atoms with Crippen molar-refractivity contribution in [1.29, 1.82) is 0 Å². The highest BCUT2D eigenvalue weighted by Crippen LogP contribution is 2.21. The lowest BCUT2D eigenvalue weighted by molar-refractivity contribution is 0.0996. The van der Waals surface area contributed by atoms with E-state index in [0.717, 1.165) is 11.3 Å². The minimum Gasteiger partial charge on any atom is -0.473 e. The fourth-order valence-electron chi connectivity index (χ4n) is 1.21. The number of methoxy groups -OCH3 is 1. The maximum Gasteiger partial charge on any atom is 0.273 e. The lowest BCUT2D eigenvalue weighted by Gasteiger charge is -2.01. The van der Waals surface area contributed by atoms with Crippen LogP contribution in [0, 0.1) is 0 Å². The van der Waals surface area contributed by atoms with E-state index in [9.17, 15) is 9.59 Å². The molecular weight excluding hydrogens is 258 g/mol. The van der Waals surface area contributed by atoms with E-state index >= 15 is 0 Å². The van der Waals surface area contributed by atoms with E-state index in [1.165, 1.54) is 19.5 Å². The minimum absolute atomic E-state index is 0.0415. The van der Waals surface area contributed by atoms with Crippen molar-refractivity contribution in [3.05, 3.63) is 23.0 Å². The molecule has 0 bridgehead atoms. The number of hydrogen-bond acceptors (Lipinski definition) is 6. The molecule has 0 aliphatic carbocycles. The summed E-state index contributed by atoms with van der Waals surface area (Å²) in [6.45, 7) is 0. The number of amides is 2. The maximum absolute atomic E-state index is 11.8. The molecule has 9 heteroatoms. The van der Waals surface area contributed by atoms with Gasteiger partial charge in [0.25, 0.3) is 17.0 Å². The fourth-order valence-corrected chi connectivity index (χ4v) is 1.84. The van der Waals surface area contributed by atoms with Crippen molar-refractivity contribution in [2.24, 2.45) is 5.73 Å². The van der Waals surface area contributed by atoms with Gasteiger partial charge in [0.2, 0.25) is 0 Å². The largest absolute Gasteiger partial charge is 0.473 e. The Balaban J connectivity index is 2.16. The van der Waals surface area contributed by atoms with Gasteiger partial charge in [-0.3, -0.25) is 14.7 Å². The van der Waals surface area contributed by atoms with Gasteiger partial charge in [0, 0.05) is 0 Å². The van der Waals surface area contributed by atoms with E-state index < -0.39 is 11.8 Å². The third kappa shape index (κ3) is 2.30. The van der Waals surface area contributed by atoms with E-state index in [2.05, 4.69) is 20.5 Å². The summed E-state index contributed by atoms with van der Waals surface area (Å²) in [6, 6.07) is 0. The number of carbonyl (C=O) groups is 2. The Morgan fingerprint density at radius 1 is 1.50 bits per heavy atom. The molecule has 0 unspecified atom stereocenters. The molecule has 2 rings (SSSR count). The summed E-state index contributed by atoms with van der Waals surface area (Å²) >= 11 is 1.08. The first-order chi connectivity index (χ1) is 8.61. The van der Waals surface area contributed by atoms with Crippen LogP contribution in [0.4, 0.5) is 5.69 Å². The van der Waals surface area contributed by atoms with Crippen LogP contribution in [-0.4, -0.2) is 34.1 Å². The van der Waals surface area contributed by atoms with Gasteiger partial charge in [-0.05, 0) is 0 Å². The monoisotopic (exact) mass is 267 g/mol. The summed E-state index contributed by atoms with van der Waals surface area (Å²) in [4.78, 5) is 27.1. The van der Waals surface area contributed by atoms with Crippen LogP contribution in [0.15, 0.2) is 12.4 Å². The molecule has 8 nitrogen and oxygen atoms in total. The van der Waals surface area contributed by atoms with Gasteiger partial charge in [-0.1, -0.05) is 11.3 Å². The quantitative estimate of drug-likeness (QED) is 0.731. The lowest BCUT2D eigenvalue weighted by atomic mass is 10.3. The zero-order valence-corrected chi connectivity index (χ0v) is 10.1. The molecule has 0 spiro atoms. The summed E-state index contributed by atoms with van der Waals surface area (Å²) in [5.41, 5.74) is 5.37. The zero-order valence-electron chi connectivity index (χ0n) is 9.26. The topological polar surface area (TPSA) is 123 Å². The number of anilines is 1. The van der Waals surface area contributed by atoms with Gasteiger partial charge < -0.3 is 15.8 Å². The third-order valence-corrected chi connectivity index (χ3v) is 2.97. The predicted octanol–water partition coefficient (Wildman–Crippen LogP) is 0.226. The molecule has 2 aromatic heterocycles. The number of primary amides is 1. The number of aromatic nitrogens is 3. The molecule has 2 aromatic rings.